The molecule has 0 unspecified atom stereocenters. The molecule has 0 spiro atoms. The highest BCUT2D eigenvalue weighted by atomic mass is 19.1. The van der Waals surface area contributed by atoms with Crippen molar-refractivity contribution in [2.75, 3.05) is 0 Å². The summed E-state index contributed by atoms with van der Waals surface area (Å²) in [6.07, 6.45) is 2.44. The molecule has 0 heterocycles. The van der Waals surface area contributed by atoms with Gasteiger partial charge in [-0.2, -0.15) is 5.26 Å². The first-order chi connectivity index (χ1) is 12.1. The standard InChI is InChI=1S/C22H15F2N/c1-2-5-15-8-11-18(19-6-3-4-7-21(19)23)20(12-15)16-9-10-17(14-25)22(24)13-16/h2-4,6-13H,1,5H2. The van der Waals surface area contributed by atoms with E-state index in [1.165, 1.54) is 18.2 Å². The predicted molar refractivity (Wildman–Crippen MR) is 95.8 cm³/mol. The van der Waals surface area contributed by atoms with Crippen LogP contribution in [0.2, 0.25) is 0 Å². The minimum atomic E-state index is -0.589. The van der Waals surface area contributed by atoms with E-state index < -0.39 is 5.82 Å². The van der Waals surface area contributed by atoms with Crippen LogP contribution >= 0.6 is 0 Å². The SMILES string of the molecule is C=CCc1ccc(-c2ccccc2F)c(-c2ccc(C#N)c(F)c2)c1. The third-order valence-electron chi connectivity index (χ3n) is 4.03. The van der Waals surface area contributed by atoms with Crippen LogP contribution < -0.4 is 0 Å². The highest BCUT2D eigenvalue weighted by Crippen LogP contribution is 2.35. The van der Waals surface area contributed by atoms with E-state index in [4.69, 9.17) is 5.26 Å². The van der Waals surface area contributed by atoms with Crippen LogP contribution in [0.1, 0.15) is 11.1 Å². The maximum Gasteiger partial charge on any atom is 0.141 e. The molecular weight excluding hydrogens is 316 g/mol. The Balaban J connectivity index is 2.24. The first kappa shape index (κ1) is 16.6. The lowest BCUT2D eigenvalue weighted by atomic mass is 9.91. The van der Waals surface area contributed by atoms with Gasteiger partial charge in [0.2, 0.25) is 0 Å². The number of rotatable bonds is 4. The van der Waals surface area contributed by atoms with Crippen LogP contribution in [0.5, 0.6) is 0 Å². The molecule has 0 saturated heterocycles. The molecule has 0 saturated carbocycles. The van der Waals surface area contributed by atoms with E-state index in [1.54, 1.807) is 30.3 Å². The number of nitriles is 1. The van der Waals surface area contributed by atoms with Gasteiger partial charge in [0.15, 0.2) is 0 Å². The normalized spacial score (nSPS) is 10.3. The van der Waals surface area contributed by atoms with Crippen molar-refractivity contribution in [2.24, 2.45) is 0 Å². The van der Waals surface area contributed by atoms with Gasteiger partial charge in [0.05, 0.1) is 5.56 Å². The molecule has 0 bridgehead atoms. The van der Waals surface area contributed by atoms with Gasteiger partial charge in [-0.3, -0.25) is 0 Å². The number of allylic oxidation sites excluding steroid dienone is 1. The molecule has 0 aliphatic heterocycles. The fourth-order valence-electron chi connectivity index (χ4n) is 2.81. The third kappa shape index (κ3) is 3.34. The van der Waals surface area contributed by atoms with Crippen molar-refractivity contribution in [1.29, 1.82) is 5.26 Å². The molecule has 3 rings (SSSR count). The Kier molecular flexibility index (Phi) is 4.72. The molecule has 0 amide bonds. The Bertz CT molecular complexity index is 984. The van der Waals surface area contributed by atoms with Gasteiger partial charge < -0.3 is 0 Å². The van der Waals surface area contributed by atoms with Crippen LogP contribution in [-0.2, 0) is 6.42 Å². The molecule has 0 radical (unpaired) electrons. The molecule has 1 nitrogen and oxygen atoms in total. The summed E-state index contributed by atoms with van der Waals surface area (Å²) in [6.45, 7) is 3.73. The van der Waals surface area contributed by atoms with Crippen LogP contribution in [0.3, 0.4) is 0 Å². The van der Waals surface area contributed by atoms with Crippen LogP contribution in [0.4, 0.5) is 8.78 Å². The third-order valence-corrected chi connectivity index (χ3v) is 4.03. The second-order valence-corrected chi connectivity index (χ2v) is 5.66. The zero-order valence-corrected chi connectivity index (χ0v) is 13.5. The summed E-state index contributed by atoms with van der Waals surface area (Å²) in [6, 6.07) is 18.4. The Morgan fingerprint density at radius 3 is 2.36 bits per heavy atom. The fourth-order valence-corrected chi connectivity index (χ4v) is 2.81. The monoisotopic (exact) mass is 331 g/mol. The van der Waals surface area contributed by atoms with Gasteiger partial charge in [-0.15, -0.1) is 6.58 Å². The Hall–Kier alpha value is -3.25. The van der Waals surface area contributed by atoms with Gasteiger partial charge in [0, 0.05) is 5.56 Å². The van der Waals surface area contributed by atoms with E-state index in [2.05, 4.69) is 6.58 Å². The van der Waals surface area contributed by atoms with Crippen molar-refractivity contribution in [3.05, 3.63) is 96.1 Å². The van der Waals surface area contributed by atoms with Crippen molar-refractivity contribution in [1.82, 2.24) is 0 Å². The van der Waals surface area contributed by atoms with Crippen LogP contribution in [0.25, 0.3) is 22.3 Å². The van der Waals surface area contributed by atoms with Crippen LogP contribution in [0.15, 0.2) is 73.3 Å². The maximum absolute atomic E-state index is 14.3. The first-order valence-electron chi connectivity index (χ1n) is 7.83. The molecule has 0 fully saturated rings. The van der Waals surface area contributed by atoms with Crippen LogP contribution in [-0.4, -0.2) is 0 Å². The van der Waals surface area contributed by atoms with Crippen molar-refractivity contribution >= 4 is 0 Å². The quantitative estimate of drug-likeness (QED) is 0.546. The predicted octanol–water partition coefficient (Wildman–Crippen LogP) is 5.90. The Morgan fingerprint density at radius 1 is 0.880 bits per heavy atom. The van der Waals surface area contributed by atoms with Crippen LogP contribution in [0, 0.1) is 23.0 Å². The summed E-state index contributed by atoms with van der Waals surface area (Å²) in [7, 11) is 0. The minimum Gasteiger partial charge on any atom is -0.206 e. The molecule has 0 N–H and O–H groups in total. The van der Waals surface area contributed by atoms with E-state index in [1.807, 2.05) is 24.3 Å². The van der Waals surface area contributed by atoms with Gasteiger partial charge in [0.25, 0.3) is 0 Å². The van der Waals surface area contributed by atoms with E-state index in [0.717, 1.165) is 5.56 Å². The van der Waals surface area contributed by atoms with Gasteiger partial charge in [-0.25, -0.2) is 8.78 Å². The number of halogens is 2. The van der Waals surface area contributed by atoms with Crippen molar-refractivity contribution < 1.29 is 8.78 Å². The average Bonchev–Trinajstić information content (AvgIpc) is 2.62. The van der Waals surface area contributed by atoms with Gasteiger partial charge in [-0.05, 0) is 46.9 Å². The van der Waals surface area contributed by atoms with Crippen molar-refractivity contribution in [2.45, 2.75) is 6.42 Å². The molecular formula is C22H15F2N. The number of nitrogens with zero attached hydrogens (tertiary/aromatic N) is 1. The van der Waals surface area contributed by atoms with Crippen molar-refractivity contribution in [3.8, 4) is 28.3 Å². The summed E-state index contributed by atoms with van der Waals surface area (Å²) in [5.41, 5.74) is 3.42. The summed E-state index contributed by atoms with van der Waals surface area (Å²) >= 11 is 0. The molecule has 3 aromatic carbocycles. The molecule has 3 aromatic rings. The molecule has 3 heteroatoms. The van der Waals surface area contributed by atoms with Gasteiger partial charge >= 0.3 is 0 Å². The second kappa shape index (κ2) is 7.11. The average molecular weight is 331 g/mol. The number of hydrogen-bond acceptors (Lipinski definition) is 1. The number of hydrogen-bond donors (Lipinski definition) is 0. The second-order valence-electron chi connectivity index (χ2n) is 5.66. The summed E-state index contributed by atoms with van der Waals surface area (Å²) in [4.78, 5) is 0. The van der Waals surface area contributed by atoms with E-state index in [-0.39, 0.29) is 11.4 Å². The summed E-state index contributed by atoms with van der Waals surface area (Å²) < 4.78 is 28.4. The topological polar surface area (TPSA) is 23.8 Å². The number of benzene rings is 3. The zero-order valence-electron chi connectivity index (χ0n) is 13.5. The Morgan fingerprint density at radius 2 is 1.68 bits per heavy atom. The smallest absolute Gasteiger partial charge is 0.141 e. The molecule has 0 aliphatic carbocycles. The molecule has 0 aliphatic rings. The molecule has 25 heavy (non-hydrogen) atoms. The molecule has 122 valence electrons. The highest BCUT2D eigenvalue weighted by molar-refractivity contribution is 5.84. The summed E-state index contributed by atoms with van der Waals surface area (Å²) in [5.74, 6) is -0.928. The van der Waals surface area contributed by atoms with E-state index in [0.29, 0.717) is 28.7 Å². The highest BCUT2D eigenvalue weighted by Gasteiger charge is 2.13. The lowest BCUT2D eigenvalue weighted by Crippen LogP contribution is -1.93. The minimum absolute atomic E-state index is 0.0153. The first-order valence-corrected chi connectivity index (χ1v) is 7.83. The van der Waals surface area contributed by atoms with Crippen molar-refractivity contribution in [3.63, 3.8) is 0 Å². The van der Waals surface area contributed by atoms with E-state index in [9.17, 15) is 8.78 Å². The van der Waals surface area contributed by atoms with Gasteiger partial charge in [-0.1, -0.05) is 48.5 Å². The van der Waals surface area contributed by atoms with Gasteiger partial charge in [0.1, 0.15) is 17.7 Å². The fraction of sp³-hybridized carbons (Fsp3) is 0.0455. The lowest BCUT2D eigenvalue weighted by Gasteiger charge is -2.13. The summed E-state index contributed by atoms with van der Waals surface area (Å²) in [5, 5.41) is 8.91. The Labute approximate surface area is 145 Å². The lowest BCUT2D eigenvalue weighted by molar-refractivity contribution is 0.624. The van der Waals surface area contributed by atoms with E-state index >= 15 is 0 Å². The largest absolute Gasteiger partial charge is 0.206 e. The maximum atomic E-state index is 14.3. The molecule has 0 atom stereocenters. The molecule has 0 aromatic heterocycles. The zero-order chi connectivity index (χ0) is 17.8.